The number of ether oxygens (including phenoxy) is 1. The molecule has 4 nitrogen and oxygen atoms in total. The van der Waals surface area contributed by atoms with Crippen LogP contribution in [0.25, 0.3) is 0 Å². The van der Waals surface area contributed by atoms with Crippen LogP contribution in [0.2, 0.25) is 0 Å². The normalized spacial score (nSPS) is 19.4. The molecule has 80 valence electrons. The predicted octanol–water partition coefficient (Wildman–Crippen LogP) is 1.86. The van der Waals surface area contributed by atoms with Crippen LogP contribution < -0.4 is 0 Å². The lowest BCUT2D eigenvalue weighted by atomic mass is 9.95. The molecule has 1 amide bonds. The van der Waals surface area contributed by atoms with Crippen molar-refractivity contribution >= 4 is 12.4 Å². The van der Waals surface area contributed by atoms with Crippen LogP contribution in [0.1, 0.15) is 6.42 Å². The molecule has 0 spiro atoms. The van der Waals surface area contributed by atoms with E-state index in [4.69, 9.17) is 0 Å². The molecular formula is C11H13NO3. The van der Waals surface area contributed by atoms with E-state index in [1.54, 1.807) is 18.4 Å². The second-order valence-corrected chi connectivity index (χ2v) is 3.10. The van der Waals surface area contributed by atoms with Crippen molar-refractivity contribution in [1.82, 2.24) is 4.90 Å². The van der Waals surface area contributed by atoms with Crippen molar-refractivity contribution in [3.63, 3.8) is 0 Å². The van der Waals surface area contributed by atoms with Crippen molar-refractivity contribution in [1.29, 1.82) is 0 Å². The first-order chi connectivity index (χ1) is 7.22. The third kappa shape index (κ3) is 2.56. The Balaban J connectivity index is 2.82. The molecule has 4 heteroatoms. The summed E-state index contributed by atoms with van der Waals surface area (Å²) in [5, 5.41) is 0. The maximum atomic E-state index is 11.2. The number of nitrogens with zero attached hydrogens (tertiary/aromatic N) is 1. The molecule has 0 bridgehead atoms. The van der Waals surface area contributed by atoms with Crippen molar-refractivity contribution in [2.24, 2.45) is 5.92 Å². The Labute approximate surface area is 88.5 Å². The second kappa shape index (κ2) is 5.14. The van der Waals surface area contributed by atoms with Crippen molar-refractivity contribution in [2.75, 3.05) is 7.11 Å². The second-order valence-electron chi connectivity index (χ2n) is 3.10. The molecule has 0 saturated heterocycles. The average molecular weight is 207 g/mol. The van der Waals surface area contributed by atoms with E-state index in [1.807, 2.05) is 0 Å². The van der Waals surface area contributed by atoms with Crippen molar-refractivity contribution in [3.8, 4) is 0 Å². The van der Waals surface area contributed by atoms with Gasteiger partial charge < -0.3 is 4.74 Å². The van der Waals surface area contributed by atoms with Gasteiger partial charge in [0.05, 0.1) is 7.11 Å². The summed E-state index contributed by atoms with van der Waals surface area (Å²) in [7, 11) is 1.29. The van der Waals surface area contributed by atoms with Gasteiger partial charge in [-0.3, -0.25) is 9.69 Å². The molecule has 0 unspecified atom stereocenters. The molecule has 0 radical (unpaired) electrons. The Morgan fingerprint density at radius 1 is 1.73 bits per heavy atom. The zero-order valence-electron chi connectivity index (χ0n) is 8.55. The van der Waals surface area contributed by atoms with E-state index in [1.165, 1.54) is 18.2 Å². The van der Waals surface area contributed by atoms with Crippen LogP contribution in [0, 0.1) is 5.92 Å². The van der Waals surface area contributed by atoms with Gasteiger partial charge in [-0.1, -0.05) is 12.2 Å². The molecule has 1 rings (SSSR count). The van der Waals surface area contributed by atoms with Crippen LogP contribution in [-0.2, 0) is 9.53 Å². The summed E-state index contributed by atoms with van der Waals surface area (Å²) in [6.45, 7) is 3.61. The van der Waals surface area contributed by atoms with Gasteiger partial charge in [0.2, 0.25) is 0 Å². The minimum atomic E-state index is -0.511. The lowest BCUT2D eigenvalue weighted by Gasteiger charge is -2.21. The number of aldehydes is 1. The Bertz CT molecular complexity index is 331. The Morgan fingerprint density at radius 2 is 2.47 bits per heavy atom. The van der Waals surface area contributed by atoms with Crippen molar-refractivity contribution in [2.45, 2.75) is 6.42 Å². The minimum absolute atomic E-state index is 0.000839. The Hall–Kier alpha value is -1.84. The first-order valence-electron chi connectivity index (χ1n) is 4.55. The molecule has 1 atom stereocenters. The van der Waals surface area contributed by atoms with Gasteiger partial charge in [0.25, 0.3) is 0 Å². The molecule has 0 aromatic heterocycles. The summed E-state index contributed by atoms with van der Waals surface area (Å²) >= 11 is 0. The first kappa shape index (κ1) is 11.2. The van der Waals surface area contributed by atoms with E-state index in [0.29, 0.717) is 12.0 Å². The first-order valence-corrected chi connectivity index (χ1v) is 4.55. The fourth-order valence-electron chi connectivity index (χ4n) is 1.34. The fraction of sp³-hybridized carbons (Fsp3) is 0.273. The SMILES string of the molecule is C=CC[C@@H]1C=CN(C(=O)OC)C=C1C=O. The lowest BCUT2D eigenvalue weighted by Crippen LogP contribution is -2.24. The monoisotopic (exact) mass is 207 g/mol. The molecule has 0 aromatic carbocycles. The number of amides is 1. The number of carbonyl (C=O) groups excluding carboxylic acids is 2. The van der Waals surface area contributed by atoms with Gasteiger partial charge in [0.1, 0.15) is 6.29 Å². The smallest absolute Gasteiger partial charge is 0.417 e. The third-order valence-electron chi connectivity index (χ3n) is 2.14. The van der Waals surface area contributed by atoms with Gasteiger partial charge in [0.15, 0.2) is 0 Å². The number of carbonyl (C=O) groups is 2. The summed E-state index contributed by atoms with van der Waals surface area (Å²) in [6.07, 6.45) is 7.49. The highest BCUT2D eigenvalue weighted by molar-refractivity contribution is 5.78. The summed E-state index contributed by atoms with van der Waals surface area (Å²) in [5.41, 5.74) is 0.544. The molecule has 0 N–H and O–H groups in total. The molecule has 0 aliphatic carbocycles. The average Bonchev–Trinajstić information content (AvgIpc) is 2.29. The zero-order chi connectivity index (χ0) is 11.3. The fourth-order valence-corrected chi connectivity index (χ4v) is 1.34. The molecule has 0 aromatic rings. The molecule has 15 heavy (non-hydrogen) atoms. The van der Waals surface area contributed by atoms with E-state index in [2.05, 4.69) is 11.3 Å². The van der Waals surface area contributed by atoms with Crippen LogP contribution in [0.3, 0.4) is 0 Å². The van der Waals surface area contributed by atoms with Crippen molar-refractivity contribution in [3.05, 3.63) is 36.7 Å². The van der Waals surface area contributed by atoms with E-state index in [9.17, 15) is 9.59 Å². The number of hydrogen-bond donors (Lipinski definition) is 0. The summed E-state index contributed by atoms with van der Waals surface area (Å²) in [5.74, 6) is 0.000839. The van der Waals surface area contributed by atoms with Gasteiger partial charge >= 0.3 is 6.09 Å². The van der Waals surface area contributed by atoms with E-state index < -0.39 is 6.09 Å². The summed E-state index contributed by atoms with van der Waals surface area (Å²) in [6, 6.07) is 0. The molecule has 0 fully saturated rings. The van der Waals surface area contributed by atoms with E-state index >= 15 is 0 Å². The van der Waals surface area contributed by atoms with Crippen LogP contribution >= 0.6 is 0 Å². The van der Waals surface area contributed by atoms with Crippen molar-refractivity contribution < 1.29 is 14.3 Å². The quantitative estimate of drug-likeness (QED) is 0.524. The largest absolute Gasteiger partial charge is 0.452 e. The van der Waals surface area contributed by atoms with Gasteiger partial charge in [-0.05, 0) is 6.42 Å². The highest BCUT2D eigenvalue weighted by Crippen LogP contribution is 2.21. The van der Waals surface area contributed by atoms with Crippen LogP contribution in [0.5, 0.6) is 0 Å². The molecule has 1 aliphatic rings. The minimum Gasteiger partial charge on any atom is -0.452 e. The van der Waals surface area contributed by atoms with Crippen LogP contribution in [0.15, 0.2) is 36.7 Å². The van der Waals surface area contributed by atoms with Gasteiger partial charge in [-0.25, -0.2) is 4.79 Å². The molecule has 1 heterocycles. The van der Waals surface area contributed by atoms with E-state index in [0.717, 1.165) is 6.29 Å². The predicted molar refractivity (Wildman–Crippen MR) is 55.8 cm³/mol. The maximum Gasteiger partial charge on any atom is 0.417 e. The number of hydrogen-bond acceptors (Lipinski definition) is 3. The highest BCUT2D eigenvalue weighted by Gasteiger charge is 2.18. The Kier molecular flexibility index (Phi) is 3.85. The van der Waals surface area contributed by atoms with Crippen LogP contribution in [0.4, 0.5) is 4.79 Å². The topological polar surface area (TPSA) is 46.6 Å². The lowest BCUT2D eigenvalue weighted by molar-refractivity contribution is -0.105. The number of allylic oxidation sites excluding steroid dienone is 3. The van der Waals surface area contributed by atoms with Gasteiger partial charge in [0, 0.05) is 23.9 Å². The highest BCUT2D eigenvalue weighted by atomic mass is 16.5. The van der Waals surface area contributed by atoms with Gasteiger partial charge in [-0.15, -0.1) is 6.58 Å². The third-order valence-corrected chi connectivity index (χ3v) is 2.14. The number of rotatable bonds is 3. The van der Waals surface area contributed by atoms with E-state index in [-0.39, 0.29) is 5.92 Å². The van der Waals surface area contributed by atoms with Crippen LogP contribution in [-0.4, -0.2) is 24.4 Å². The molecule has 1 aliphatic heterocycles. The molecular weight excluding hydrogens is 194 g/mol. The summed E-state index contributed by atoms with van der Waals surface area (Å²) < 4.78 is 4.53. The Morgan fingerprint density at radius 3 is 3.00 bits per heavy atom. The number of methoxy groups -OCH3 is 1. The maximum absolute atomic E-state index is 11.2. The zero-order valence-corrected chi connectivity index (χ0v) is 8.55. The summed E-state index contributed by atoms with van der Waals surface area (Å²) in [4.78, 5) is 23.2. The standard InChI is InChI=1S/C11H13NO3/c1-3-4-9-5-6-12(11(14)15-2)7-10(9)8-13/h3,5-9H,1,4H2,2H3/t9-/m1/s1. The van der Waals surface area contributed by atoms with Gasteiger partial charge in [-0.2, -0.15) is 0 Å². The molecule has 0 saturated carbocycles.